The average Bonchev–Trinajstić information content (AvgIpc) is 1.61. The smallest absolute Gasteiger partial charge is 0.196 e. The first-order valence-corrected chi connectivity index (χ1v) is 1.33. The first kappa shape index (κ1) is 5.07. The van der Waals surface area contributed by atoms with Gasteiger partial charge in [0.25, 0.3) is 0 Å². The molecule has 0 radical (unpaired) electrons. The van der Waals surface area contributed by atoms with Gasteiger partial charge in [0.05, 0.1) is 7.11 Å². The average molecular weight is 87.1 g/mol. The van der Waals surface area contributed by atoms with Crippen LogP contribution in [0.4, 0.5) is 0 Å². The zero-order chi connectivity index (χ0) is 4.83. The first-order valence-electron chi connectivity index (χ1n) is 1.33. The van der Waals surface area contributed by atoms with Crippen LogP contribution in [0, 0.1) is 5.53 Å². The van der Waals surface area contributed by atoms with Crippen LogP contribution >= 0.6 is 0 Å². The third-order valence-corrected chi connectivity index (χ3v) is 0.210. The quantitative estimate of drug-likeness (QED) is 0.228. The maximum Gasteiger partial charge on any atom is 0.196 e. The van der Waals surface area contributed by atoms with Crippen molar-refractivity contribution in [1.82, 2.24) is 0 Å². The Balaban J connectivity index is 2.94. The topological polar surface area (TPSA) is 57.8 Å². The maximum absolute atomic E-state index is 6.05. The summed E-state index contributed by atoms with van der Waals surface area (Å²) in [5.74, 6) is 0. The zero-order valence-corrected chi connectivity index (χ0v) is 3.38. The molecule has 0 fully saturated rings. The maximum atomic E-state index is 6.05. The van der Waals surface area contributed by atoms with Crippen molar-refractivity contribution in [1.29, 1.82) is 5.53 Å². The Bertz CT molecular complexity index is 59.8. The molecule has 4 heteroatoms. The Labute approximate surface area is 35.3 Å². The van der Waals surface area contributed by atoms with Gasteiger partial charge in [-0.05, 0) is 5.22 Å². The first-order chi connectivity index (χ1) is 2.91. The summed E-state index contributed by atoms with van der Waals surface area (Å²) < 4.78 is 4.28. The minimum Gasteiger partial charge on any atom is -0.485 e. The molecule has 1 N–H and O–H groups in total. The molecule has 0 amide bonds. The molecule has 34 valence electrons. The van der Waals surface area contributed by atoms with Gasteiger partial charge in [-0.15, -0.1) is 5.10 Å². The molecule has 0 bridgehead atoms. The Kier molecular flexibility index (Phi) is 3.44. The number of methoxy groups -OCH3 is 1. The second-order valence-corrected chi connectivity index (χ2v) is 0.557. The van der Waals surface area contributed by atoms with Crippen molar-refractivity contribution >= 4 is 6.40 Å². The Morgan fingerprint density at radius 3 is 2.67 bits per heavy atom. The van der Waals surface area contributed by atoms with Crippen LogP contribution in [0.3, 0.4) is 0 Å². The van der Waals surface area contributed by atoms with Crippen molar-refractivity contribution in [2.75, 3.05) is 7.11 Å². The predicted octanol–water partition coefficient (Wildman–Crippen LogP) is 0.607. The third-order valence-electron chi connectivity index (χ3n) is 0.210. The molecule has 0 rings (SSSR count). The molecule has 0 saturated heterocycles. The van der Waals surface area contributed by atoms with E-state index in [4.69, 9.17) is 5.53 Å². The standard InChI is InChI=1S/C2H5N3O/c1-6-2-4-5-3/h2-3H,1H3. The molecule has 0 spiro atoms. The molecule has 0 aliphatic rings. The van der Waals surface area contributed by atoms with Crippen LogP contribution in [0.15, 0.2) is 10.3 Å². The van der Waals surface area contributed by atoms with Gasteiger partial charge in [-0.2, -0.15) is 5.53 Å². The highest BCUT2D eigenvalue weighted by Crippen LogP contribution is 1.61. The number of hydrogen-bond acceptors (Lipinski definition) is 3. The van der Waals surface area contributed by atoms with Crippen LogP contribution < -0.4 is 0 Å². The molecule has 0 heterocycles. The molecule has 0 aromatic heterocycles. The minimum atomic E-state index is 1.08. The monoisotopic (exact) mass is 87.0 g/mol. The van der Waals surface area contributed by atoms with Crippen molar-refractivity contribution in [3.8, 4) is 0 Å². The zero-order valence-electron chi connectivity index (χ0n) is 3.38. The van der Waals surface area contributed by atoms with Crippen LogP contribution in [0.25, 0.3) is 0 Å². The molecule has 0 unspecified atom stereocenters. The molecule has 6 heavy (non-hydrogen) atoms. The van der Waals surface area contributed by atoms with E-state index in [1.54, 1.807) is 0 Å². The second-order valence-electron chi connectivity index (χ2n) is 0.557. The van der Waals surface area contributed by atoms with Gasteiger partial charge in [-0.25, -0.2) is 0 Å². The predicted molar refractivity (Wildman–Crippen MR) is 20.6 cm³/mol. The molecule has 0 aromatic rings. The fourth-order valence-electron chi connectivity index (χ4n) is 0.0707. The van der Waals surface area contributed by atoms with E-state index in [1.165, 1.54) is 7.11 Å². The summed E-state index contributed by atoms with van der Waals surface area (Å²) in [6, 6.07) is 0. The van der Waals surface area contributed by atoms with E-state index in [1.807, 2.05) is 0 Å². The largest absolute Gasteiger partial charge is 0.485 e. The summed E-state index contributed by atoms with van der Waals surface area (Å²) in [7, 11) is 1.44. The Morgan fingerprint density at radius 1 is 1.83 bits per heavy atom. The van der Waals surface area contributed by atoms with E-state index >= 15 is 0 Å². The van der Waals surface area contributed by atoms with Crippen molar-refractivity contribution in [2.45, 2.75) is 0 Å². The molecule has 0 aromatic carbocycles. The van der Waals surface area contributed by atoms with Gasteiger partial charge in [-0.1, -0.05) is 0 Å². The van der Waals surface area contributed by atoms with E-state index in [9.17, 15) is 0 Å². The summed E-state index contributed by atoms with van der Waals surface area (Å²) in [4.78, 5) is 0. The molecular weight excluding hydrogens is 82.0 g/mol. The van der Waals surface area contributed by atoms with E-state index < -0.39 is 0 Å². The van der Waals surface area contributed by atoms with Crippen molar-refractivity contribution < 1.29 is 4.74 Å². The Morgan fingerprint density at radius 2 is 2.50 bits per heavy atom. The number of nitrogens with one attached hydrogen (secondary N) is 1. The fraction of sp³-hybridized carbons (Fsp3) is 0.500. The van der Waals surface area contributed by atoms with Crippen LogP contribution in [0.1, 0.15) is 0 Å². The summed E-state index contributed by atoms with van der Waals surface area (Å²) in [6.07, 6.45) is 1.08. The van der Waals surface area contributed by atoms with E-state index in [0.29, 0.717) is 0 Å². The van der Waals surface area contributed by atoms with Gasteiger partial charge in [0.1, 0.15) is 0 Å². The van der Waals surface area contributed by atoms with Crippen LogP contribution in [0.5, 0.6) is 0 Å². The van der Waals surface area contributed by atoms with E-state index in [0.717, 1.165) is 6.40 Å². The normalized spacial score (nSPS) is 8.83. The second kappa shape index (κ2) is 4.07. The number of hydrogen-bond donors (Lipinski definition) is 1. The summed E-state index contributed by atoms with van der Waals surface area (Å²) in [5.41, 5.74) is 6.05. The van der Waals surface area contributed by atoms with Crippen LogP contribution in [-0.4, -0.2) is 13.5 Å². The van der Waals surface area contributed by atoms with Crippen molar-refractivity contribution in [3.63, 3.8) is 0 Å². The van der Waals surface area contributed by atoms with Gasteiger partial charge >= 0.3 is 0 Å². The molecule has 0 saturated carbocycles. The highest BCUT2D eigenvalue weighted by molar-refractivity contribution is 5.45. The van der Waals surface area contributed by atoms with Crippen molar-refractivity contribution in [3.05, 3.63) is 0 Å². The summed E-state index contributed by atoms with van der Waals surface area (Å²) in [6.45, 7) is 0. The highest BCUT2D eigenvalue weighted by Gasteiger charge is 1.53. The fourth-order valence-corrected chi connectivity index (χ4v) is 0.0707. The van der Waals surface area contributed by atoms with Gasteiger partial charge in [0.15, 0.2) is 6.40 Å². The lowest BCUT2D eigenvalue weighted by Gasteiger charge is -1.75. The molecule has 0 aliphatic carbocycles. The molecule has 0 aliphatic heterocycles. The number of ether oxygens (including phenoxy) is 1. The van der Waals surface area contributed by atoms with E-state index in [2.05, 4.69) is 15.1 Å². The third kappa shape index (κ3) is 3.07. The number of rotatable bonds is 2. The van der Waals surface area contributed by atoms with Gasteiger partial charge in [0.2, 0.25) is 0 Å². The molecular formula is C2H5N3O. The van der Waals surface area contributed by atoms with Crippen LogP contribution in [-0.2, 0) is 4.74 Å². The lowest BCUT2D eigenvalue weighted by molar-refractivity contribution is 0.420. The van der Waals surface area contributed by atoms with E-state index in [-0.39, 0.29) is 0 Å². The Hall–Kier alpha value is -0.930. The molecule has 4 nitrogen and oxygen atoms in total. The SMILES string of the molecule is COC=NN=N. The van der Waals surface area contributed by atoms with Gasteiger partial charge in [0, 0.05) is 0 Å². The number of nitrogens with zero attached hydrogens (tertiary/aromatic N) is 2. The minimum absolute atomic E-state index is 1.08. The lowest BCUT2D eigenvalue weighted by atomic mass is 11.4. The van der Waals surface area contributed by atoms with Gasteiger partial charge < -0.3 is 4.74 Å². The van der Waals surface area contributed by atoms with Gasteiger partial charge in [-0.3, -0.25) is 0 Å². The van der Waals surface area contributed by atoms with Crippen molar-refractivity contribution in [2.24, 2.45) is 10.3 Å². The highest BCUT2D eigenvalue weighted by atomic mass is 16.5. The summed E-state index contributed by atoms with van der Waals surface area (Å²) in [5, 5.41) is 5.65. The lowest BCUT2D eigenvalue weighted by Crippen LogP contribution is -1.70. The van der Waals surface area contributed by atoms with Crippen LogP contribution in [0.2, 0.25) is 0 Å². The molecule has 0 atom stereocenters. The summed E-state index contributed by atoms with van der Waals surface area (Å²) >= 11 is 0.